The molecule has 0 saturated carbocycles. The first-order valence-electron chi connectivity index (χ1n) is 5.90. The molecule has 6 heteroatoms. The van der Waals surface area contributed by atoms with Crippen molar-refractivity contribution in [2.75, 3.05) is 6.54 Å². The van der Waals surface area contributed by atoms with Gasteiger partial charge in [0.1, 0.15) is 5.56 Å². The predicted octanol–water partition coefficient (Wildman–Crippen LogP) is 2.36. The van der Waals surface area contributed by atoms with Gasteiger partial charge in [0.2, 0.25) is 0 Å². The molecule has 1 amide bonds. The topological polar surface area (TPSA) is 87.2 Å². The Hall–Kier alpha value is -2.42. The van der Waals surface area contributed by atoms with Gasteiger partial charge in [-0.05, 0) is 19.9 Å². The number of amides is 1. The van der Waals surface area contributed by atoms with Crippen LogP contribution in [0.4, 0.5) is 5.69 Å². The smallest absolute Gasteiger partial charge is 0.282 e. The molecule has 0 N–H and O–H groups in total. The van der Waals surface area contributed by atoms with Crippen molar-refractivity contribution < 1.29 is 9.72 Å². The molecule has 0 aliphatic carbocycles. The summed E-state index contributed by atoms with van der Waals surface area (Å²) >= 11 is 0. The zero-order chi connectivity index (χ0) is 14.4. The Morgan fingerprint density at radius 3 is 2.63 bits per heavy atom. The maximum atomic E-state index is 12.3. The fraction of sp³-hybridized carbons (Fsp3) is 0.385. The van der Waals surface area contributed by atoms with E-state index in [1.807, 2.05) is 19.9 Å². The van der Waals surface area contributed by atoms with Crippen molar-refractivity contribution in [1.82, 2.24) is 4.90 Å². The molecule has 1 aromatic rings. The van der Waals surface area contributed by atoms with Crippen LogP contribution in [0.3, 0.4) is 0 Å². The Morgan fingerprint density at radius 1 is 1.47 bits per heavy atom. The number of para-hydroxylation sites is 1. The number of nitriles is 1. The monoisotopic (exact) mass is 261 g/mol. The third-order valence-electron chi connectivity index (χ3n) is 2.68. The Balaban J connectivity index is 3.10. The Labute approximate surface area is 111 Å². The van der Waals surface area contributed by atoms with Crippen molar-refractivity contribution in [3.8, 4) is 6.07 Å². The van der Waals surface area contributed by atoms with E-state index in [0.717, 1.165) is 0 Å². The average molecular weight is 261 g/mol. The molecule has 1 aromatic carbocycles. The number of nitrogens with zero attached hydrogens (tertiary/aromatic N) is 3. The highest BCUT2D eigenvalue weighted by Gasteiger charge is 2.25. The summed E-state index contributed by atoms with van der Waals surface area (Å²) in [7, 11) is 0. The van der Waals surface area contributed by atoms with Gasteiger partial charge in [0, 0.05) is 18.7 Å². The third-order valence-corrected chi connectivity index (χ3v) is 2.68. The minimum absolute atomic E-state index is 0.0548. The number of hydrogen-bond donors (Lipinski definition) is 0. The first-order chi connectivity index (χ1) is 8.99. The molecule has 1 rings (SSSR count). The van der Waals surface area contributed by atoms with Crippen LogP contribution in [0.2, 0.25) is 0 Å². The summed E-state index contributed by atoms with van der Waals surface area (Å²) in [6.45, 7) is 3.88. The molecule has 0 fully saturated rings. The second kappa shape index (κ2) is 6.50. The van der Waals surface area contributed by atoms with Gasteiger partial charge in [-0.25, -0.2) is 0 Å². The summed E-state index contributed by atoms with van der Waals surface area (Å²) in [4.78, 5) is 24.1. The SMILES string of the molecule is CC(C)N(CCC#N)C(=O)c1ccccc1[N+](=O)[O-]. The lowest BCUT2D eigenvalue weighted by atomic mass is 10.1. The summed E-state index contributed by atoms with van der Waals surface area (Å²) in [5, 5.41) is 19.5. The zero-order valence-corrected chi connectivity index (χ0v) is 10.9. The molecule has 0 saturated heterocycles. The normalized spacial score (nSPS) is 10.0. The fourth-order valence-corrected chi connectivity index (χ4v) is 1.73. The highest BCUT2D eigenvalue weighted by molar-refractivity contribution is 5.98. The molecule has 0 heterocycles. The molecule has 0 bridgehead atoms. The summed E-state index contributed by atoms with van der Waals surface area (Å²) in [5.41, 5.74) is -0.158. The standard InChI is InChI=1S/C13H15N3O3/c1-10(2)15(9-5-8-14)13(17)11-6-3-4-7-12(11)16(18)19/h3-4,6-7,10H,5,9H2,1-2H3. The lowest BCUT2D eigenvalue weighted by molar-refractivity contribution is -0.385. The van der Waals surface area contributed by atoms with E-state index in [2.05, 4.69) is 0 Å². The highest BCUT2D eigenvalue weighted by atomic mass is 16.6. The van der Waals surface area contributed by atoms with Crippen LogP contribution in [0.1, 0.15) is 30.6 Å². The quantitative estimate of drug-likeness (QED) is 0.601. The van der Waals surface area contributed by atoms with Crippen molar-refractivity contribution in [3.63, 3.8) is 0 Å². The first kappa shape index (κ1) is 14.6. The molecule has 0 aliphatic rings. The number of benzene rings is 1. The summed E-state index contributed by atoms with van der Waals surface area (Å²) < 4.78 is 0. The number of carbonyl (C=O) groups excluding carboxylic acids is 1. The van der Waals surface area contributed by atoms with Gasteiger partial charge in [0.05, 0.1) is 17.4 Å². The van der Waals surface area contributed by atoms with Gasteiger partial charge in [-0.2, -0.15) is 5.26 Å². The van der Waals surface area contributed by atoms with Gasteiger partial charge < -0.3 is 4.90 Å². The molecule has 19 heavy (non-hydrogen) atoms. The molecular weight excluding hydrogens is 246 g/mol. The number of nitro groups is 1. The summed E-state index contributed by atoms with van der Waals surface area (Å²) in [6, 6.07) is 7.68. The van der Waals surface area contributed by atoms with Crippen molar-refractivity contribution in [2.24, 2.45) is 0 Å². The largest absolute Gasteiger partial charge is 0.335 e. The van der Waals surface area contributed by atoms with E-state index in [0.29, 0.717) is 0 Å². The highest BCUT2D eigenvalue weighted by Crippen LogP contribution is 2.20. The number of rotatable bonds is 5. The first-order valence-corrected chi connectivity index (χ1v) is 5.90. The van der Waals surface area contributed by atoms with Gasteiger partial charge >= 0.3 is 0 Å². The van der Waals surface area contributed by atoms with Crippen LogP contribution >= 0.6 is 0 Å². The summed E-state index contributed by atoms with van der Waals surface area (Å²) in [5.74, 6) is -0.419. The van der Waals surface area contributed by atoms with Gasteiger partial charge in [0.15, 0.2) is 0 Å². The number of hydrogen-bond acceptors (Lipinski definition) is 4. The molecule has 0 radical (unpaired) electrons. The molecule has 6 nitrogen and oxygen atoms in total. The Morgan fingerprint density at radius 2 is 2.11 bits per heavy atom. The Bertz CT molecular complexity index is 520. The van der Waals surface area contributed by atoms with E-state index in [1.165, 1.54) is 23.1 Å². The van der Waals surface area contributed by atoms with Crippen molar-refractivity contribution in [2.45, 2.75) is 26.3 Å². The van der Waals surface area contributed by atoms with Gasteiger partial charge in [-0.1, -0.05) is 12.1 Å². The van der Waals surface area contributed by atoms with Crippen LogP contribution < -0.4 is 0 Å². The van der Waals surface area contributed by atoms with Crippen LogP contribution in [0, 0.1) is 21.4 Å². The molecule has 100 valence electrons. The van der Waals surface area contributed by atoms with Crippen LogP contribution in [0.5, 0.6) is 0 Å². The third kappa shape index (κ3) is 3.52. The molecule has 0 atom stereocenters. The zero-order valence-electron chi connectivity index (χ0n) is 10.9. The maximum Gasteiger partial charge on any atom is 0.282 e. The number of carbonyl (C=O) groups is 1. The van der Waals surface area contributed by atoms with Gasteiger partial charge in [-0.3, -0.25) is 14.9 Å². The van der Waals surface area contributed by atoms with E-state index in [-0.39, 0.29) is 30.3 Å². The average Bonchev–Trinajstić information content (AvgIpc) is 2.38. The second-order valence-corrected chi connectivity index (χ2v) is 4.27. The minimum atomic E-state index is -0.573. The van der Waals surface area contributed by atoms with Crippen LogP contribution in [0.25, 0.3) is 0 Å². The fourth-order valence-electron chi connectivity index (χ4n) is 1.73. The molecular formula is C13H15N3O3. The van der Waals surface area contributed by atoms with E-state index in [1.54, 1.807) is 6.07 Å². The number of nitro benzene ring substituents is 1. The molecule has 0 spiro atoms. The minimum Gasteiger partial charge on any atom is -0.335 e. The van der Waals surface area contributed by atoms with Crippen molar-refractivity contribution >= 4 is 11.6 Å². The Kier molecular flexibility index (Phi) is 5.01. The van der Waals surface area contributed by atoms with Crippen LogP contribution in [-0.4, -0.2) is 28.3 Å². The van der Waals surface area contributed by atoms with Gasteiger partial charge in [0.25, 0.3) is 11.6 Å². The molecule has 0 unspecified atom stereocenters. The van der Waals surface area contributed by atoms with Crippen LogP contribution in [-0.2, 0) is 0 Å². The van der Waals surface area contributed by atoms with Crippen molar-refractivity contribution in [1.29, 1.82) is 5.26 Å². The molecule has 0 aromatic heterocycles. The van der Waals surface area contributed by atoms with Crippen LogP contribution in [0.15, 0.2) is 24.3 Å². The maximum absolute atomic E-state index is 12.3. The molecule has 0 aliphatic heterocycles. The predicted molar refractivity (Wildman–Crippen MR) is 69.5 cm³/mol. The van der Waals surface area contributed by atoms with Gasteiger partial charge in [-0.15, -0.1) is 0 Å². The lowest BCUT2D eigenvalue weighted by Crippen LogP contribution is -2.37. The van der Waals surface area contributed by atoms with E-state index >= 15 is 0 Å². The second-order valence-electron chi connectivity index (χ2n) is 4.27. The van der Waals surface area contributed by atoms with E-state index in [4.69, 9.17) is 5.26 Å². The van der Waals surface area contributed by atoms with Crippen molar-refractivity contribution in [3.05, 3.63) is 39.9 Å². The summed E-state index contributed by atoms with van der Waals surface area (Å²) in [6.07, 6.45) is 0.199. The van der Waals surface area contributed by atoms with E-state index in [9.17, 15) is 14.9 Å². The van der Waals surface area contributed by atoms with E-state index < -0.39 is 10.8 Å². The lowest BCUT2D eigenvalue weighted by Gasteiger charge is -2.25.